The summed E-state index contributed by atoms with van der Waals surface area (Å²) in [5.41, 5.74) is 5.70. The number of Topliss-reactive ketones (excluding diaryl/α,β-unsaturated/α-hetero) is 1. The van der Waals surface area contributed by atoms with Crippen molar-refractivity contribution in [1.82, 2.24) is 10.4 Å². The Bertz CT molecular complexity index is 666. The largest absolute Gasteiger partial charge is 0.473 e. The van der Waals surface area contributed by atoms with Crippen LogP contribution in [0.25, 0.3) is 6.08 Å². The minimum atomic E-state index is -0.318. The summed E-state index contributed by atoms with van der Waals surface area (Å²) in [6.45, 7) is 8.93. The molecule has 1 aromatic rings. The van der Waals surface area contributed by atoms with Crippen molar-refractivity contribution in [3.05, 3.63) is 28.1 Å². The van der Waals surface area contributed by atoms with Gasteiger partial charge in [-0.15, -0.1) is 5.10 Å². The van der Waals surface area contributed by atoms with Crippen molar-refractivity contribution in [2.45, 2.75) is 40.7 Å². The molecule has 21 heavy (non-hydrogen) atoms. The van der Waals surface area contributed by atoms with Gasteiger partial charge in [-0.3, -0.25) is 9.59 Å². The normalized spacial score (nSPS) is 16.4. The first-order chi connectivity index (χ1) is 9.81. The summed E-state index contributed by atoms with van der Waals surface area (Å²) < 4.78 is 5.51. The van der Waals surface area contributed by atoms with Gasteiger partial charge >= 0.3 is 0 Å². The van der Waals surface area contributed by atoms with Gasteiger partial charge in [-0.25, -0.2) is 5.43 Å². The van der Waals surface area contributed by atoms with Crippen LogP contribution in [0.5, 0.6) is 0 Å². The first-order valence-corrected chi connectivity index (χ1v) is 6.78. The van der Waals surface area contributed by atoms with E-state index >= 15 is 0 Å². The molecule has 0 unspecified atom stereocenters. The predicted octanol–water partition coefficient (Wildman–Crippen LogP) is 2.09. The van der Waals surface area contributed by atoms with Gasteiger partial charge in [-0.05, 0) is 46.3 Å². The van der Waals surface area contributed by atoms with Crippen molar-refractivity contribution < 1.29 is 14.3 Å². The molecule has 1 aliphatic heterocycles. The molecule has 0 bridgehead atoms. The molecule has 0 aromatic carbocycles. The lowest BCUT2D eigenvalue weighted by atomic mass is 10.1. The molecule has 0 atom stereocenters. The average Bonchev–Trinajstić information content (AvgIpc) is 2.83. The van der Waals surface area contributed by atoms with E-state index in [9.17, 15) is 9.59 Å². The lowest BCUT2D eigenvalue weighted by molar-refractivity contribution is -0.116. The van der Waals surface area contributed by atoms with Gasteiger partial charge in [0.05, 0.1) is 6.10 Å². The number of nitrogens with zero attached hydrogens (tertiary/aromatic N) is 1. The molecule has 1 amide bonds. The van der Waals surface area contributed by atoms with Crippen molar-refractivity contribution in [1.29, 1.82) is 0 Å². The van der Waals surface area contributed by atoms with E-state index in [2.05, 4.69) is 15.5 Å². The van der Waals surface area contributed by atoms with Gasteiger partial charge in [0.15, 0.2) is 5.78 Å². The van der Waals surface area contributed by atoms with Gasteiger partial charge < -0.3 is 9.72 Å². The third-order valence-electron chi connectivity index (χ3n) is 3.20. The molecule has 0 saturated carbocycles. The highest BCUT2D eigenvalue weighted by atomic mass is 16.5. The molecule has 0 aliphatic carbocycles. The van der Waals surface area contributed by atoms with Crippen LogP contribution in [0.15, 0.2) is 10.7 Å². The number of hydrogen-bond acceptors (Lipinski definition) is 4. The second kappa shape index (κ2) is 5.55. The smallest absolute Gasteiger partial charge is 0.277 e. The van der Waals surface area contributed by atoms with Crippen LogP contribution in [-0.2, 0) is 9.53 Å². The summed E-state index contributed by atoms with van der Waals surface area (Å²) in [5.74, 6) is -0.0539. The summed E-state index contributed by atoms with van der Waals surface area (Å²) >= 11 is 0. The van der Waals surface area contributed by atoms with E-state index in [0.717, 1.165) is 11.3 Å². The quantitative estimate of drug-likeness (QED) is 0.660. The first kappa shape index (κ1) is 15.0. The molecule has 2 rings (SSSR count). The van der Waals surface area contributed by atoms with E-state index in [4.69, 9.17) is 4.74 Å². The highest BCUT2D eigenvalue weighted by Crippen LogP contribution is 2.22. The number of carbonyl (C=O) groups is 2. The highest BCUT2D eigenvalue weighted by Gasteiger charge is 2.26. The lowest BCUT2D eigenvalue weighted by Gasteiger charge is -2.08. The fourth-order valence-electron chi connectivity index (χ4n) is 2.35. The molecule has 0 fully saturated rings. The van der Waals surface area contributed by atoms with E-state index in [1.165, 1.54) is 6.92 Å². The van der Waals surface area contributed by atoms with Crippen molar-refractivity contribution in [2.75, 3.05) is 0 Å². The number of hydrazone groups is 1. The predicted molar refractivity (Wildman–Crippen MR) is 80.0 cm³/mol. The Labute approximate surface area is 123 Å². The third kappa shape index (κ3) is 2.89. The molecular formula is C15H19N3O3. The summed E-state index contributed by atoms with van der Waals surface area (Å²) in [6, 6.07) is 0. The van der Waals surface area contributed by atoms with Gasteiger partial charge in [0.2, 0.25) is 5.90 Å². The van der Waals surface area contributed by atoms with Crippen LogP contribution < -0.4 is 5.43 Å². The number of rotatable bonds is 3. The van der Waals surface area contributed by atoms with Crippen LogP contribution in [0.4, 0.5) is 0 Å². The third-order valence-corrected chi connectivity index (χ3v) is 3.20. The Morgan fingerprint density at radius 2 is 2.00 bits per heavy atom. The zero-order valence-electron chi connectivity index (χ0n) is 12.8. The molecule has 112 valence electrons. The number of H-pyrrole nitrogens is 1. The second-order valence-corrected chi connectivity index (χ2v) is 5.30. The zero-order chi connectivity index (χ0) is 15.7. The van der Waals surface area contributed by atoms with Crippen LogP contribution >= 0.6 is 0 Å². The van der Waals surface area contributed by atoms with Crippen LogP contribution in [0.3, 0.4) is 0 Å². The molecule has 0 radical (unpaired) electrons. The topological polar surface area (TPSA) is 83.5 Å². The number of hydrogen-bond donors (Lipinski definition) is 2. The summed E-state index contributed by atoms with van der Waals surface area (Å²) in [7, 11) is 0. The number of amides is 1. The Morgan fingerprint density at radius 1 is 1.33 bits per heavy atom. The fourth-order valence-corrected chi connectivity index (χ4v) is 2.35. The molecule has 2 heterocycles. The first-order valence-electron chi connectivity index (χ1n) is 6.78. The second-order valence-electron chi connectivity index (χ2n) is 5.30. The van der Waals surface area contributed by atoms with Crippen molar-refractivity contribution >= 4 is 23.7 Å². The van der Waals surface area contributed by atoms with Gasteiger partial charge in [0, 0.05) is 17.0 Å². The Morgan fingerprint density at radius 3 is 2.52 bits per heavy atom. The Balaban J connectivity index is 2.43. The molecule has 0 spiro atoms. The van der Waals surface area contributed by atoms with Crippen molar-refractivity contribution in [2.24, 2.45) is 5.10 Å². The Hall–Kier alpha value is -2.37. The summed E-state index contributed by atoms with van der Waals surface area (Å²) in [4.78, 5) is 26.6. The number of ketones is 1. The number of aryl methyl sites for hydroxylation is 1. The number of aromatic amines is 1. The van der Waals surface area contributed by atoms with Gasteiger partial charge in [0.25, 0.3) is 5.91 Å². The Kier molecular flexibility index (Phi) is 3.97. The van der Waals surface area contributed by atoms with E-state index in [0.29, 0.717) is 16.8 Å². The number of carbonyl (C=O) groups excluding carboxylic acids is 2. The molecule has 1 aliphatic rings. The molecule has 1 aromatic heterocycles. The molecule has 2 N–H and O–H groups in total. The van der Waals surface area contributed by atoms with E-state index in [1.807, 2.05) is 27.7 Å². The molecule has 6 nitrogen and oxygen atoms in total. The number of ether oxygens (including phenoxy) is 1. The van der Waals surface area contributed by atoms with Crippen molar-refractivity contribution in [3.63, 3.8) is 0 Å². The van der Waals surface area contributed by atoms with Crippen LogP contribution in [0, 0.1) is 13.8 Å². The fraction of sp³-hybridized carbons (Fsp3) is 0.400. The maximum Gasteiger partial charge on any atom is 0.277 e. The van der Waals surface area contributed by atoms with Crippen LogP contribution in [-0.4, -0.2) is 28.7 Å². The standard InChI is InChI=1S/C15H19N3O3/c1-7(2)21-15-11(14(20)17-18-15)6-12-8(3)13(10(5)19)9(4)16-12/h6-7,16H,1-5H3,(H,17,20)/b11-6-. The SMILES string of the molecule is CC(=O)c1c(C)[nH]c(/C=C2/C(=O)NN=C2OC(C)C)c1C. The van der Waals surface area contributed by atoms with Crippen LogP contribution in [0.1, 0.15) is 48.1 Å². The number of aromatic nitrogens is 1. The van der Waals surface area contributed by atoms with Gasteiger partial charge in [0.1, 0.15) is 5.57 Å². The van der Waals surface area contributed by atoms with Crippen LogP contribution in [0.2, 0.25) is 0 Å². The summed E-state index contributed by atoms with van der Waals surface area (Å²) in [6.07, 6.45) is 1.58. The van der Waals surface area contributed by atoms with Gasteiger partial charge in [-0.2, -0.15) is 0 Å². The highest BCUT2D eigenvalue weighted by molar-refractivity contribution is 6.24. The lowest BCUT2D eigenvalue weighted by Crippen LogP contribution is -2.16. The maximum atomic E-state index is 11.9. The number of nitrogens with one attached hydrogen (secondary N) is 2. The maximum absolute atomic E-state index is 11.9. The zero-order valence-corrected chi connectivity index (χ0v) is 12.8. The van der Waals surface area contributed by atoms with E-state index in [-0.39, 0.29) is 23.7 Å². The minimum Gasteiger partial charge on any atom is -0.473 e. The average molecular weight is 289 g/mol. The minimum absolute atomic E-state index is 0.00547. The molecular weight excluding hydrogens is 270 g/mol. The van der Waals surface area contributed by atoms with Crippen molar-refractivity contribution in [3.8, 4) is 0 Å². The van der Waals surface area contributed by atoms with E-state index < -0.39 is 0 Å². The van der Waals surface area contributed by atoms with Gasteiger partial charge in [-0.1, -0.05) is 0 Å². The molecule has 6 heteroatoms. The van der Waals surface area contributed by atoms with E-state index in [1.54, 1.807) is 6.08 Å². The molecule has 0 saturated heterocycles. The summed E-state index contributed by atoms with van der Waals surface area (Å²) in [5, 5.41) is 3.87. The monoisotopic (exact) mass is 289 g/mol.